The molecule has 3 aromatic rings. The predicted molar refractivity (Wildman–Crippen MR) is 94.0 cm³/mol. The van der Waals surface area contributed by atoms with Gasteiger partial charge in [0.25, 0.3) is 0 Å². The van der Waals surface area contributed by atoms with E-state index < -0.39 is 5.63 Å². The minimum absolute atomic E-state index is 0.0861. The third-order valence-electron chi connectivity index (χ3n) is 4.72. The lowest BCUT2D eigenvalue weighted by molar-refractivity contribution is 0.473. The first-order valence-corrected chi connectivity index (χ1v) is 9.51. The molecule has 2 fully saturated rings. The molecule has 6 nitrogen and oxygen atoms in total. The van der Waals surface area contributed by atoms with E-state index in [1.54, 1.807) is 23.9 Å². The number of benzene rings is 1. The maximum atomic E-state index is 11.8. The molecule has 0 bridgehead atoms. The molecule has 25 heavy (non-hydrogen) atoms. The van der Waals surface area contributed by atoms with Gasteiger partial charge < -0.3 is 14.1 Å². The van der Waals surface area contributed by atoms with Gasteiger partial charge in [0.2, 0.25) is 0 Å². The van der Waals surface area contributed by atoms with Crippen molar-refractivity contribution in [1.29, 1.82) is 0 Å². The number of phenolic OH excluding ortho intramolecular Hbond substituents is 1. The van der Waals surface area contributed by atoms with Crippen molar-refractivity contribution in [3.05, 3.63) is 46.1 Å². The maximum absolute atomic E-state index is 11.8. The Bertz CT molecular complexity index is 1020. The Labute approximate surface area is 147 Å². The summed E-state index contributed by atoms with van der Waals surface area (Å²) in [4.78, 5) is 11.8. The number of thioether (sulfide) groups is 1. The van der Waals surface area contributed by atoms with Gasteiger partial charge in [-0.1, -0.05) is 11.8 Å². The molecular formula is C18H17N3O3S. The van der Waals surface area contributed by atoms with E-state index in [-0.39, 0.29) is 5.75 Å². The molecule has 2 saturated carbocycles. The van der Waals surface area contributed by atoms with Crippen LogP contribution in [0.3, 0.4) is 0 Å². The molecule has 0 unspecified atom stereocenters. The van der Waals surface area contributed by atoms with E-state index in [4.69, 9.17) is 4.42 Å². The van der Waals surface area contributed by atoms with Crippen LogP contribution in [0.25, 0.3) is 11.0 Å². The SMILES string of the molecule is O=c1cc(CSc2nnc(C3CC3)n2C2CC2)c2ccc(O)cc2o1. The van der Waals surface area contributed by atoms with Crippen molar-refractivity contribution in [2.75, 3.05) is 0 Å². The maximum Gasteiger partial charge on any atom is 0.336 e. The molecule has 2 aliphatic rings. The second-order valence-electron chi connectivity index (χ2n) is 6.78. The molecular weight excluding hydrogens is 338 g/mol. The van der Waals surface area contributed by atoms with E-state index in [2.05, 4.69) is 14.8 Å². The number of fused-ring (bicyclic) bond motifs is 1. The largest absolute Gasteiger partial charge is 0.508 e. The van der Waals surface area contributed by atoms with E-state index in [9.17, 15) is 9.90 Å². The zero-order valence-electron chi connectivity index (χ0n) is 13.5. The average Bonchev–Trinajstić information content (AvgIpc) is 3.50. The molecule has 2 heterocycles. The lowest BCUT2D eigenvalue weighted by atomic mass is 10.1. The Kier molecular flexibility index (Phi) is 3.38. The molecule has 2 aliphatic carbocycles. The molecule has 1 N–H and O–H groups in total. The lowest BCUT2D eigenvalue weighted by Crippen LogP contribution is -2.03. The molecule has 0 radical (unpaired) electrons. The normalized spacial score (nSPS) is 17.3. The molecule has 1 aromatic carbocycles. The van der Waals surface area contributed by atoms with Crippen molar-refractivity contribution in [2.45, 2.75) is 48.6 Å². The molecule has 2 aromatic heterocycles. The highest BCUT2D eigenvalue weighted by Crippen LogP contribution is 2.46. The smallest absolute Gasteiger partial charge is 0.336 e. The topological polar surface area (TPSA) is 81.2 Å². The van der Waals surface area contributed by atoms with Crippen LogP contribution in [0.5, 0.6) is 5.75 Å². The zero-order valence-corrected chi connectivity index (χ0v) is 14.3. The van der Waals surface area contributed by atoms with E-state index in [0.29, 0.717) is 23.3 Å². The molecule has 0 atom stereocenters. The molecule has 0 spiro atoms. The van der Waals surface area contributed by atoms with Crippen LogP contribution in [0.2, 0.25) is 0 Å². The number of nitrogens with zero attached hydrogens (tertiary/aromatic N) is 3. The first kappa shape index (κ1) is 15.0. The van der Waals surface area contributed by atoms with Gasteiger partial charge in [-0.3, -0.25) is 0 Å². The van der Waals surface area contributed by atoms with Crippen molar-refractivity contribution in [1.82, 2.24) is 14.8 Å². The van der Waals surface area contributed by atoms with Gasteiger partial charge in [0, 0.05) is 35.2 Å². The van der Waals surface area contributed by atoms with Crippen LogP contribution in [0.4, 0.5) is 0 Å². The van der Waals surface area contributed by atoms with Crippen LogP contribution in [-0.4, -0.2) is 19.9 Å². The van der Waals surface area contributed by atoms with Crippen LogP contribution in [0.15, 0.2) is 38.6 Å². The third-order valence-corrected chi connectivity index (χ3v) is 5.71. The van der Waals surface area contributed by atoms with E-state index >= 15 is 0 Å². The Morgan fingerprint density at radius 1 is 1.20 bits per heavy atom. The first-order valence-electron chi connectivity index (χ1n) is 8.52. The summed E-state index contributed by atoms with van der Waals surface area (Å²) in [5, 5.41) is 20.2. The lowest BCUT2D eigenvalue weighted by Gasteiger charge is -2.09. The Balaban J connectivity index is 1.47. The number of hydrogen-bond donors (Lipinski definition) is 1. The summed E-state index contributed by atoms with van der Waals surface area (Å²) in [6, 6.07) is 6.93. The van der Waals surface area contributed by atoms with Crippen molar-refractivity contribution >= 4 is 22.7 Å². The van der Waals surface area contributed by atoms with Gasteiger partial charge in [0.05, 0.1) is 0 Å². The van der Waals surface area contributed by atoms with E-state index in [1.807, 2.05) is 0 Å². The minimum atomic E-state index is -0.406. The van der Waals surface area contributed by atoms with Crippen LogP contribution in [0, 0.1) is 0 Å². The van der Waals surface area contributed by atoms with Gasteiger partial charge in [-0.05, 0) is 43.4 Å². The van der Waals surface area contributed by atoms with Crippen molar-refractivity contribution in [3.63, 3.8) is 0 Å². The fraction of sp³-hybridized carbons (Fsp3) is 0.389. The number of hydrogen-bond acceptors (Lipinski definition) is 6. The summed E-state index contributed by atoms with van der Waals surface area (Å²) in [6.07, 6.45) is 4.82. The van der Waals surface area contributed by atoms with Gasteiger partial charge in [0.15, 0.2) is 5.16 Å². The summed E-state index contributed by atoms with van der Waals surface area (Å²) in [5.41, 5.74) is 0.885. The van der Waals surface area contributed by atoms with Gasteiger partial charge in [0.1, 0.15) is 17.2 Å². The first-order chi connectivity index (χ1) is 12.2. The third kappa shape index (κ3) is 2.82. The van der Waals surface area contributed by atoms with Gasteiger partial charge >= 0.3 is 5.63 Å². The van der Waals surface area contributed by atoms with Gasteiger partial charge in [-0.2, -0.15) is 0 Å². The zero-order chi connectivity index (χ0) is 17.0. The summed E-state index contributed by atoms with van der Waals surface area (Å²) in [6.45, 7) is 0. The van der Waals surface area contributed by atoms with E-state index in [1.165, 1.54) is 37.8 Å². The van der Waals surface area contributed by atoms with Crippen LogP contribution < -0.4 is 5.63 Å². The average molecular weight is 355 g/mol. The summed E-state index contributed by atoms with van der Waals surface area (Å²) in [5.74, 6) is 2.41. The van der Waals surface area contributed by atoms with E-state index in [0.717, 1.165) is 21.9 Å². The fourth-order valence-electron chi connectivity index (χ4n) is 3.16. The summed E-state index contributed by atoms with van der Waals surface area (Å²) >= 11 is 1.61. The van der Waals surface area contributed by atoms with Crippen LogP contribution in [0.1, 0.15) is 49.0 Å². The molecule has 5 rings (SSSR count). The van der Waals surface area contributed by atoms with Crippen molar-refractivity contribution in [3.8, 4) is 5.75 Å². The molecule has 128 valence electrons. The highest BCUT2D eigenvalue weighted by Gasteiger charge is 2.36. The molecule has 0 aliphatic heterocycles. The number of aromatic hydroxyl groups is 1. The minimum Gasteiger partial charge on any atom is -0.508 e. The number of rotatable bonds is 5. The Morgan fingerprint density at radius 2 is 2.04 bits per heavy atom. The second kappa shape index (κ2) is 5.62. The highest BCUT2D eigenvalue weighted by atomic mass is 32.2. The summed E-state index contributed by atoms with van der Waals surface area (Å²) < 4.78 is 7.50. The Morgan fingerprint density at radius 3 is 2.80 bits per heavy atom. The van der Waals surface area contributed by atoms with Gasteiger partial charge in [-0.15, -0.1) is 10.2 Å². The monoisotopic (exact) mass is 355 g/mol. The highest BCUT2D eigenvalue weighted by molar-refractivity contribution is 7.98. The van der Waals surface area contributed by atoms with Crippen molar-refractivity contribution in [2.24, 2.45) is 0 Å². The van der Waals surface area contributed by atoms with Crippen LogP contribution >= 0.6 is 11.8 Å². The molecule has 0 amide bonds. The van der Waals surface area contributed by atoms with Crippen LogP contribution in [-0.2, 0) is 5.75 Å². The second-order valence-corrected chi connectivity index (χ2v) is 7.72. The quantitative estimate of drug-likeness (QED) is 0.556. The summed E-state index contributed by atoms with van der Waals surface area (Å²) in [7, 11) is 0. The van der Waals surface area contributed by atoms with Crippen molar-refractivity contribution < 1.29 is 9.52 Å². The Hall–Kier alpha value is -2.28. The number of aromatic nitrogens is 3. The van der Waals surface area contributed by atoms with Gasteiger partial charge in [-0.25, -0.2) is 4.79 Å². The number of phenols is 1. The fourth-order valence-corrected chi connectivity index (χ4v) is 4.17. The molecule has 7 heteroatoms. The molecule has 0 saturated heterocycles. The standard InChI is InChI=1S/C18H17N3O3S/c22-13-5-6-14-11(7-16(23)24-15(14)8-13)9-25-18-20-19-17(10-1-2-10)21(18)12-3-4-12/h5-8,10,12,22H,1-4,9H2. The predicted octanol–water partition coefficient (Wildman–Crippen LogP) is 3.59.